The van der Waals surface area contributed by atoms with E-state index in [2.05, 4.69) is 27.4 Å². The Morgan fingerprint density at radius 2 is 1.82 bits per heavy atom. The maximum Gasteiger partial charge on any atom is 0.203 e. The van der Waals surface area contributed by atoms with Gasteiger partial charge < -0.3 is 0 Å². The predicted octanol–water partition coefficient (Wildman–Crippen LogP) is 4.96. The van der Waals surface area contributed by atoms with Crippen LogP contribution in [0.1, 0.15) is 15.2 Å². The number of carbonyl (C=O) groups is 1. The summed E-state index contributed by atoms with van der Waals surface area (Å²) in [5, 5.41) is 2.05. The van der Waals surface area contributed by atoms with Crippen molar-refractivity contribution in [3.63, 3.8) is 0 Å². The normalized spacial score (nSPS) is 10.9. The van der Waals surface area contributed by atoms with Crippen LogP contribution in [0.2, 0.25) is 0 Å². The molecule has 1 nitrogen and oxygen atoms in total. The fourth-order valence-corrected chi connectivity index (χ4v) is 3.96. The number of carbonyl (C=O) groups excluding carboxylic acids is 1. The van der Waals surface area contributed by atoms with Gasteiger partial charge in [-0.2, -0.15) is 0 Å². The van der Waals surface area contributed by atoms with Crippen LogP contribution < -0.4 is 0 Å². The molecule has 0 aliphatic heterocycles. The van der Waals surface area contributed by atoms with E-state index in [4.69, 9.17) is 0 Å². The average molecular weight is 323 g/mol. The highest BCUT2D eigenvalue weighted by atomic mass is 79.9. The van der Waals surface area contributed by atoms with Crippen molar-refractivity contribution in [2.24, 2.45) is 0 Å². The molecule has 17 heavy (non-hydrogen) atoms. The number of hydrogen-bond donors (Lipinski definition) is 0. The lowest BCUT2D eigenvalue weighted by atomic mass is 10.1. The summed E-state index contributed by atoms with van der Waals surface area (Å²) in [6.45, 7) is 0. The molecular weight excluding hydrogens is 316 g/mol. The van der Waals surface area contributed by atoms with Crippen molar-refractivity contribution in [3.05, 3.63) is 56.7 Å². The Morgan fingerprint density at radius 1 is 1.06 bits per heavy atom. The number of ketones is 1. The molecule has 0 aliphatic carbocycles. The zero-order chi connectivity index (χ0) is 11.8. The standard InChI is InChI=1S/C13H7BrOS2/c14-9-3-1-8(2-4-9)13(15)12-7-11-10(17-12)5-6-16-11/h1-7H. The molecule has 1 aromatic carbocycles. The Labute approximate surface area is 115 Å². The van der Waals surface area contributed by atoms with Crippen molar-refractivity contribution in [1.82, 2.24) is 0 Å². The Balaban J connectivity index is 2.01. The molecule has 0 radical (unpaired) electrons. The van der Waals surface area contributed by atoms with Crippen molar-refractivity contribution in [1.29, 1.82) is 0 Å². The minimum Gasteiger partial charge on any atom is -0.288 e. The lowest BCUT2D eigenvalue weighted by Crippen LogP contribution is -1.97. The number of benzene rings is 1. The maximum atomic E-state index is 12.2. The highest BCUT2D eigenvalue weighted by Gasteiger charge is 2.12. The van der Waals surface area contributed by atoms with Gasteiger partial charge in [-0.25, -0.2) is 0 Å². The molecule has 84 valence electrons. The third-order valence-electron chi connectivity index (χ3n) is 2.47. The molecule has 4 heteroatoms. The van der Waals surface area contributed by atoms with Gasteiger partial charge in [0.1, 0.15) is 0 Å². The van der Waals surface area contributed by atoms with E-state index in [0.717, 1.165) is 14.9 Å². The van der Waals surface area contributed by atoms with Gasteiger partial charge in [0.05, 0.1) is 4.88 Å². The number of thiophene rings is 2. The van der Waals surface area contributed by atoms with Gasteiger partial charge in [-0.05, 0) is 41.8 Å². The van der Waals surface area contributed by atoms with Crippen LogP contribution in [0.5, 0.6) is 0 Å². The second kappa shape index (κ2) is 4.37. The molecule has 0 N–H and O–H groups in total. The first-order valence-corrected chi connectivity index (χ1v) is 7.50. The summed E-state index contributed by atoms with van der Waals surface area (Å²) in [6, 6.07) is 11.5. The van der Waals surface area contributed by atoms with Gasteiger partial charge in [0.15, 0.2) is 0 Å². The van der Waals surface area contributed by atoms with E-state index in [0.29, 0.717) is 0 Å². The molecule has 3 rings (SSSR count). The van der Waals surface area contributed by atoms with Gasteiger partial charge in [0.25, 0.3) is 0 Å². The molecule has 0 bridgehead atoms. The predicted molar refractivity (Wildman–Crippen MR) is 77.3 cm³/mol. The van der Waals surface area contributed by atoms with Crippen LogP contribution in [0.25, 0.3) is 9.40 Å². The summed E-state index contributed by atoms with van der Waals surface area (Å²) >= 11 is 6.60. The maximum absolute atomic E-state index is 12.2. The van der Waals surface area contributed by atoms with Crippen molar-refractivity contribution in [3.8, 4) is 0 Å². The Hall–Kier alpha value is -0.970. The lowest BCUT2D eigenvalue weighted by Gasteiger charge is -1.97. The molecule has 0 fully saturated rings. The number of halogens is 1. The zero-order valence-electron chi connectivity index (χ0n) is 8.64. The summed E-state index contributed by atoms with van der Waals surface area (Å²) in [7, 11) is 0. The Kier molecular flexibility index (Phi) is 2.86. The molecule has 0 unspecified atom stereocenters. The van der Waals surface area contributed by atoms with E-state index in [-0.39, 0.29) is 5.78 Å². The van der Waals surface area contributed by atoms with E-state index >= 15 is 0 Å². The molecule has 3 aromatic rings. The molecule has 0 amide bonds. The van der Waals surface area contributed by atoms with Gasteiger partial charge in [-0.15, -0.1) is 22.7 Å². The molecule has 2 aromatic heterocycles. The Morgan fingerprint density at radius 3 is 2.53 bits per heavy atom. The fourth-order valence-electron chi connectivity index (χ4n) is 1.62. The number of hydrogen-bond acceptors (Lipinski definition) is 3. The average Bonchev–Trinajstić information content (AvgIpc) is 2.89. The smallest absolute Gasteiger partial charge is 0.203 e. The van der Waals surface area contributed by atoms with E-state index < -0.39 is 0 Å². The summed E-state index contributed by atoms with van der Waals surface area (Å²) in [6.07, 6.45) is 0. The molecule has 2 heterocycles. The second-order valence-electron chi connectivity index (χ2n) is 3.60. The van der Waals surface area contributed by atoms with Crippen LogP contribution in [0.4, 0.5) is 0 Å². The summed E-state index contributed by atoms with van der Waals surface area (Å²) in [5.41, 5.74) is 0.738. The molecule has 0 saturated carbocycles. The van der Waals surface area contributed by atoms with Crippen LogP contribution >= 0.6 is 38.6 Å². The van der Waals surface area contributed by atoms with Crippen LogP contribution in [-0.2, 0) is 0 Å². The van der Waals surface area contributed by atoms with Crippen LogP contribution in [-0.4, -0.2) is 5.78 Å². The number of rotatable bonds is 2. The molecule has 0 spiro atoms. The zero-order valence-corrected chi connectivity index (χ0v) is 11.9. The minimum atomic E-state index is 0.103. The topological polar surface area (TPSA) is 17.1 Å². The first-order valence-electron chi connectivity index (χ1n) is 5.01. The third-order valence-corrected chi connectivity index (χ3v) is 5.09. The van der Waals surface area contributed by atoms with Crippen LogP contribution in [0.3, 0.4) is 0 Å². The third kappa shape index (κ3) is 2.08. The first kappa shape index (κ1) is 11.1. The monoisotopic (exact) mass is 322 g/mol. The summed E-state index contributed by atoms with van der Waals surface area (Å²) in [5.74, 6) is 0.103. The van der Waals surface area contributed by atoms with E-state index in [9.17, 15) is 4.79 Å². The van der Waals surface area contributed by atoms with Crippen molar-refractivity contribution in [2.75, 3.05) is 0 Å². The fraction of sp³-hybridized carbons (Fsp3) is 0. The summed E-state index contributed by atoms with van der Waals surface area (Å²) in [4.78, 5) is 13.0. The lowest BCUT2D eigenvalue weighted by molar-refractivity contribution is 0.104. The van der Waals surface area contributed by atoms with Crippen molar-refractivity contribution < 1.29 is 4.79 Å². The molecule has 0 aliphatic rings. The highest BCUT2D eigenvalue weighted by Crippen LogP contribution is 2.31. The van der Waals surface area contributed by atoms with E-state index in [1.807, 2.05) is 30.3 Å². The van der Waals surface area contributed by atoms with Gasteiger partial charge in [0, 0.05) is 19.4 Å². The van der Waals surface area contributed by atoms with Crippen molar-refractivity contribution >= 4 is 53.8 Å². The number of fused-ring (bicyclic) bond motifs is 1. The minimum absolute atomic E-state index is 0.103. The van der Waals surface area contributed by atoms with Gasteiger partial charge in [-0.3, -0.25) is 4.79 Å². The van der Waals surface area contributed by atoms with Crippen LogP contribution in [0, 0.1) is 0 Å². The molecule has 0 saturated heterocycles. The van der Waals surface area contributed by atoms with Gasteiger partial charge in [-0.1, -0.05) is 15.9 Å². The largest absolute Gasteiger partial charge is 0.288 e. The summed E-state index contributed by atoms with van der Waals surface area (Å²) < 4.78 is 3.37. The Bertz CT molecular complexity index is 650. The molecular formula is C13H7BrOS2. The highest BCUT2D eigenvalue weighted by molar-refractivity contribution is 9.10. The first-order chi connectivity index (χ1) is 8.24. The quantitative estimate of drug-likeness (QED) is 0.610. The second-order valence-corrected chi connectivity index (χ2v) is 6.54. The van der Waals surface area contributed by atoms with Crippen LogP contribution in [0.15, 0.2) is 46.3 Å². The molecule has 0 atom stereocenters. The van der Waals surface area contributed by atoms with E-state index in [1.54, 1.807) is 22.7 Å². The van der Waals surface area contributed by atoms with Crippen molar-refractivity contribution in [2.45, 2.75) is 0 Å². The SMILES string of the molecule is O=C(c1ccc(Br)cc1)c1cc2sccc2s1. The van der Waals surface area contributed by atoms with Gasteiger partial charge in [0.2, 0.25) is 5.78 Å². The van der Waals surface area contributed by atoms with Gasteiger partial charge >= 0.3 is 0 Å². The van der Waals surface area contributed by atoms with E-state index in [1.165, 1.54) is 9.40 Å².